The van der Waals surface area contributed by atoms with Crippen molar-refractivity contribution < 1.29 is 28.0 Å². The van der Waals surface area contributed by atoms with E-state index in [0.717, 1.165) is 38.5 Å². The van der Waals surface area contributed by atoms with Gasteiger partial charge in [-0.05, 0) is 25.2 Å². The predicted molar refractivity (Wildman–Crippen MR) is 100.0 cm³/mol. The van der Waals surface area contributed by atoms with Crippen molar-refractivity contribution in [3.63, 3.8) is 0 Å². The third-order valence-electron chi connectivity index (χ3n) is 5.28. The summed E-state index contributed by atoms with van der Waals surface area (Å²) in [5, 5.41) is 12.6. The molecule has 2 aliphatic carbocycles. The van der Waals surface area contributed by atoms with Crippen molar-refractivity contribution in [3.05, 3.63) is 11.6 Å². The average Bonchev–Trinajstić information content (AvgIpc) is 3.39. The number of aromatic nitrogens is 2. The van der Waals surface area contributed by atoms with E-state index in [1.165, 1.54) is 0 Å². The first kappa shape index (κ1) is 22.1. The summed E-state index contributed by atoms with van der Waals surface area (Å²) >= 11 is 0. The van der Waals surface area contributed by atoms with Crippen LogP contribution < -0.4 is 16.2 Å². The van der Waals surface area contributed by atoms with E-state index in [2.05, 4.69) is 26.1 Å². The molecular formula is C18H25F3N6O3. The number of nitrogens with one attached hydrogen (secondary N) is 3. The van der Waals surface area contributed by atoms with Crippen molar-refractivity contribution in [1.29, 1.82) is 0 Å². The highest BCUT2D eigenvalue weighted by molar-refractivity contribution is 5.80. The molecule has 30 heavy (non-hydrogen) atoms. The van der Waals surface area contributed by atoms with Crippen molar-refractivity contribution in [2.45, 2.75) is 57.4 Å². The average molecular weight is 430 g/mol. The van der Waals surface area contributed by atoms with Gasteiger partial charge in [0.15, 0.2) is 17.5 Å². The third-order valence-corrected chi connectivity index (χ3v) is 5.28. The van der Waals surface area contributed by atoms with Crippen molar-refractivity contribution in [2.75, 3.05) is 17.3 Å². The van der Waals surface area contributed by atoms with Gasteiger partial charge in [0.25, 0.3) is 6.43 Å². The molecule has 3 rings (SSSR count). The van der Waals surface area contributed by atoms with Gasteiger partial charge in [-0.2, -0.15) is 4.39 Å². The fourth-order valence-corrected chi connectivity index (χ4v) is 3.57. The van der Waals surface area contributed by atoms with Gasteiger partial charge in [-0.15, -0.1) is 0 Å². The van der Waals surface area contributed by atoms with Gasteiger partial charge in [-0.1, -0.05) is 25.7 Å². The van der Waals surface area contributed by atoms with Crippen LogP contribution in [0.4, 0.5) is 24.8 Å². The van der Waals surface area contributed by atoms with E-state index in [-0.39, 0.29) is 30.7 Å². The number of amides is 2. The van der Waals surface area contributed by atoms with Gasteiger partial charge in [-0.3, -0.25) is 25.6 Å². The molecule has 0 aromatic carbocycles. The number of hydrazine groups is 1. The van der Waals surface area contributed by atoms with Crippen molar-refractivity contribution in [2.24, 2.45) is 11.8 Å². The normalized spacial score (nSPS) is 17.6. The second-order valence-electron chi connectivity index (χ2n) is 7.74. The highest BCUT2D eigenvalue weighted by Crippen LogP contribution is 2.31. The van der Waals surface area contributed by atoms with E-state index in [1.807, 2.05) is 0 Å². The fraction of sp³-hybridized carbons (Fsp3) is 0.667. The van der Waals surface area contributed by atoms with E-state index in [0.29, 0.717) is 11.5 Å². The molecule has 0 spiro atoms. The van der Waals surface area contributed by atoms with Crippen LogP contribution in [-0.2, 0) is 9.59 Å². The summed E-state index contributed by atoms with van der Waals surface area (Å²) in [6.45, 7) is -0.240. The topological polar surface area (TPSA) is 119 Å². The smallest absolute Gasteiger partial charge is 0.297 e. The van der Waals surface area contributed by atoms with Gasteiger partial charge in [-0.25, -0.2) is 23.8 Å². The molecule has 2 amide bonds. The van der Waals surface area contributed by atoms with Crippen LogP contribution in [0.3, 0.4) is 0 Å². The minimum absolute atomic E-state index is 0.0305. The lowest BCUT2D eigenvalue weighted by atomic mass is 9.92. The number of halogens is 3. The van der Waals surface area contributed by atoms with Gasteiger partial charge < -0.3 is 5.32 Å². The van der Waals surface area contributed by atoms with E-state index < -0.39 is 35.7 Å². The Kier molecular flexibility index (Phi) is 7.29. The largest absolute Gasteiger partial charge is 0.365 e. The van der Waals surface area contributed by atoms with Crippen LogP contribution in [0.5, 0.6) is 0 Å². The van der Waals surface area contributed by atoms with Crippen LogP contribution >= 0.6 is 0 Å². The number of carbonyl (C=O) groups is 2. The Balaban J connectivity index is 1.69. The zero-order chi connectivity index (χ0) is 21.7. The summed E-state index contributed by atoms with van der Waals surface area (Å²) in [7, 11) is 0. The fourth-order valence-electron chi connectivity index (χ4n) is 3.57. The highest BCUT2D eigenvalue weighted by atomic mass is 19.3. The maximum Gasteiger partial charge on any atom is 0.297 e. The van der Waals surface area contributed by atoms with Crippen LogP contribution in [0.25, 0.3) is 0 Å². The molecular weight excluding hydrogens is 405 g/mol. The SMILES string of the molecule is O=CN(O)CC(CC1CCCC1)C(=O)NNc1nc(C(F)F)nc(NC2CC2)c1F. The highest BCUT2D eigenvalue weighted by Gasteiger charge is 2.29. The van der Waals surface area contributed by atoms with Gasteiger partial charge in [0.05, 0.1) is 12.5 Å². The summed E-state index contributed by atoms with van der Waals surface area (Å²) in [5.74, 6) is -3.92. The quantitative estimate of drug-likeness (QED) is 0.242. The lowest BCUT2D eigenvalue weighted by Gasteiger charge is -2.22. The van der Waals surface area contributed by atoms with Gasteiger partial charge in [0.2, 0.25) is 18.1 Å². The molecule has 1 atom stereocenters. The van der Waals surface area contributed by atoms with Crippen LogP contribution in [0.1, 0.15) is 57.2 Å². The Hall–Kier alpha value is -2.63. The maximum atomic E-state index is 14.6. The number of anilines is 2. The summed E-state index contributed by atoms with van der Waals surface area (Å²) in [5.41, 5.74) is 4.51. The summed E-state index contributed by atoms with van der Waals surface area (Å²) < 4.78 is 40.8. The maximum absolute atomic E-state index is 14.6. The van der Waals surface area contributed by atoms with E-state index in [4.69, 9.17) is 0 Å². The second kappa shape index (κ2) is 9.92. The van der Waals surface area contributed by atoms with Crippen molar-refractivity contribution in [1.82, 2.24) is 20.5 Å². The number of hydroxylamine groups is 2. The first-order chi connectivity index (χ1) is 14.4. The Morgan fingerprint density at radius 3 is 2.47 bits per heavy atom. The monoisotopic (exact) mass is 430 g/mol. The standard InChI is InChI=1S/C18H25F3N6O3/c19-13-15(22-12-5-6-12)23-17(14(20)21)24-16(13)25-26-18(29)11(8-27(30)9-28)7-10-3-1-2-4-10/h9-12,14,30H,1-8H2,(H,26,29)(H2,22,23,24,25). The minimum atomic E-state index is -3.02. The number of nitrogens with zero attached hydrogens (tertiary/aromatic N) is 3. The number of alkyl halides is 2. The number of hydrogen-bond acceptors (Lipinski definition) is 7. The van der Waals surface area contributed by atoms with Gasteiger partial charge in [0.1, 0.15) is 0 Å². The molecule has 1 unspecified atom stereocenters. The zero-order valence-corrected chi connectivity index (χ0v) is 16.3. The lowest BCUT2D eigenvalue weighted by molar-refractivity contribution is -0.154. The Bertz CT molecular complexity index is 759. The van der Waals surface area contributed by atoms with E-state index in [1.54, 1.807) is 0 Å². The molecule has 2 saturated carbocycles. The van der Waals surface area contributed by atoms with E-state index >= 15 is 0 Å². The summed E-state index contributed by atoms with van der Waals surface area (Å²) in [6.07, 6.45) is 3.15. The minimum Gasteiger partial charge on any atom is -0.365 e. The molecule has 9 nitrogen and oxygen atoms in total. The second-order valence-corrected chi connectivity index (χ2v) is 7.74. The van der Waals surface area contributed by atoms with E-state index in [9.17, 15) is 28.0 Å². The molecule has 0 bridgehead atoms. The molecule has 2 fully saturated rings. The molecule has 0 aliphatic heterocycles. The van der Waals surface area contributed by atoms with Crippen LogP contribution in [0, 0.1) is 17.7 Å². The van der Waals surface area contributed by atoms with Crippen LogP contribution in [0.2, 0.25) is 0 Å². The molecule has 2 aliphatic rings. The van der Waals surface area contributed by atoms with Gasteiger partial charge in [0, 0.05) is 6.04 Å². The van der Waals surface area contributed by atoms with Gasteiger partial charge >= 0.3 is 0 Å². The summed E-state index contributed by atoms with van der Waals surface area (Å²) in [4.78, 5) is 30.3. The molecule has 1 aromatic heterocycles. The molecule has 1 heterocycles. The van der Waals surface area contributed by atoms with Crippen molar-refractivity contribution in [3.8, 4) is 0 Å². The first-order valence-electron chi connectivity index (χ1n) is 9.96. The summed E-state index contributed by atoms with van der Waals surface area (Å²) in [6, 6.07) is -0.0305. The van der Waals surface area contributed by atoms with Crippen LogP contribution in [-0.4, -0.2) is 45.1 Å². The Morgan fingerprint density at radius 2 is 1.87 bits per heavy atom. The Morgan fingerprint density at radius 1 is 1.20 bits per heavy atom. The molecule has 12 heteroatoms. The van der Waals surface area contributed by atoms with Crippen molar-refractivity contribution >= 4 is 24.0 Å². The number of carbonyl (C=O) groups excluding carboxylic acids is 2. The lowest BCUT2D eigenvalue weighted by Crippen LogP contribution is -2.41. The first-order valence-corrected chi connectivity index (χ1v) is 9.96. The molecule has 0 saturated heterocycles. The molecule has 1 aromatic rings. The third kappa shape index (κ3) is 5.94. The molecule has 166 valence electrons. The Labute approximate surface area is 171 Å². The zero-order valence-electron chi connectivity index (χ0n) is 16.3. The predicted octanol–water partition coefficient (Wildman–Crippen LogP) is 2.61. The number of rotatable bonds is 11. The number of hydrogen-bond donors (Lipinski definition) is 4. The van der Waals surface area contributed by atoms with Crippen LogP contribution in [0.15, 0.2) is 0 Å². The molecule has 4 N–H and O–H groups in total. The molecule has 0 radical (unpaired) electrons.